The third-order valence-electron chi connectivity index (χ3n) is 8.38. The fourth-order valence-corrected chi connectivity index (χ4v) is 5.65. The highest BCUT2D eigenvalue weighted by Crippen LogP contribution is 2.25. The molecule has 0 aliphatic carbocycles. The van der Waals surface area contributed by atoms with Crippen LogP contribution in [0, 0.1) is 10.7 Å². The molecule has 0 fully saturated rings. The topological polar surface area (TPSA) is 199 Å². The van der Waals surface area contributed by atoms with Gasteiger partial charge in [-0.1, -0.05) is 52.2 Å². The molecule has 2 aromatic rings. The average molecular weight is 778 g/mol. The van der Waals surface area contributed by atoms with Gasteiger partial charge in [-0.15, -0.1) is 0 Å². The van der Waals surface area contributed by atoms with Crippen LogP contribution in [0.1, 0.15) is 112 Å². The summed E-state index contributed by atoms with van der Waals surface area (Å²) in [6, 6.07) is 9.93. The molecule has 0 saturated carbocycles. The van der Waals surface area contributed by atoms with Crippen LogP contribution in [0.25, 0.3) is 0 Å². The summed E-state index contributed by atoms with van der Waals surface area (Å²) in [6.07, 6.45) is 6.02. The first-order valence-electron chi connectivity index (χ1n) is 18.9. The van der Waals surface area contributed by atoms with E-state index in [9.17, 15) is 24.9 Å². The van der Waals surface area contributed by atoms with Crippen LogP contribution in [0.5, 0.6) is 0 Å². The molecule has 0 spiro atoms. The number of nitrogens with zero attached hydrogens (tertiary/aromatic N) is 5. The van der Waals surface area contributed by atoms with Crippen LogP contribution < -0.4 is 0 Å². The summed E-state index contributed by atoms with van der Waals surface area (Å²) in [5.41, 5.74) is 1.39. The fraction of sp³-hybridized carbons (Fsp3) is 0.667. The Bertz CT molecular complexity index is 1360. The molecule has 2 aromatic heterocycles. The number of thiocyanates is 1. The summed E-state index contributed by atoms with van der Waals surface area (Å²) in [5.74, 6) is -2.11. The smallest absolute Gasteiger partial charge is 0.354 e. The van der Waals surface area contributed by atoms with Crippen molar-refractivity contribution in [3.8, 4) is 5.40 Å². The van der Waals surface area contributed by atoms with Crippen molar-refractivity contribution in [1.29, 1.82) is 5.26 Å². The number of carboxylic acid groups (broad SMARTS) is 2. The van der Waals surface area contributed by atoms with Gasteiger partial charge >= 0.3 is 11.9 Å². The van der Waals surface area contributed by atoms with E-state index in [-0.39, 0.29) is 41.5 Å². The number of aromatic carboxylic acids is 2. The molecule has 0 bridgehead atoms. The van der Waals surface area contributed by atoms with E-state index in [0.29, 0.717) is 77.1 Å². The first-order chi connectivity index (χ1) is 25.9. The van der Waals surface area contributed by atoms with E-state index in [4.69, 9.17) is 24.6 Å². The number of aromatic nitrogens is 2. The Kier molecular flexibility index (Phi) is 26.3. The number of aliphatic hydroxyl groups is 2. The number of unbranched alkanes of at least 4 members (excludes halogenated alkanes) is 1. The minimum Gasteiger partial charge on any atom is -0.477 e. The first-order valence-corrected chi connectivity index (χ1v) is 19.7. The van der Waals surface area contributed by atoms with Crippen molar-refractivity contribution in [3.05, 3.63) is 59.2 Å². The summed E-state index contributed by atoms with van der Waals surface area (Å²) < 4.78 is 17.5. The van der Waals surface area contributed by atoms with E-state index in [0.717, 1.165) is 50.3 Å². The number of hydrogen-bond acceptors (Lipinski definition) is 13. The Balaban J connectivity index is 0.00000163. The first kappa shape index (κ1) is 48.8. The lowest BCUT2D eigenvalue weighted by molar-refractivity contribution is 0.00985. The number of aliphatic hydroxyl groups excluding tert-OH is 2. The fourth-order valence-electron chi connectivity index (χ4n) is 5.34. The number of carboxylic acids is 2. The van der Waals surface area contributed by atoms with Gasteiger partial charge in [0.2, 0.25) is 0 Å². The van der Waals surface area contributed by atoms with Crippen molar-refractivity contribution in [2.24, 2.45) is 0 Å². The van der Waals surface area contributed by atoms with Gasteiger partial charge in [0.25, 0.3) is 0 Å². The van der Waals surface area contributed by atoms with Crippen LogP contribution in [0.3, 0.4) is 0 Å². The van der Waals surface area contributed by atoms with E-state index in [2.05, 4.69) is 40.5 Å². The highest BCUT2D eigenvalue weighted by molar-refractivity contribution is 8.05. The average Bonchev–Trinajstić information content (AvgIpc) is 3.15. The van der Waals surface area contributed by atoms with Gasteiger partial charge in [-0.25, -0.2) is 19.6 Å². The van der Waals surface area contributed by atoms with Gasteiger partial charge in [0, 0.05) is 37.5 Å². The molecule has 0 aliphatic heterocycles. The molecule has 0 saturated heterocycles. The maximum Gasteiger partial charge on any atom is 0.354 e. The lowest BCUT2D eigenvalue weighted by Crippen LogP contribution is -2.35. The van der Waals surface area contributed by atoms with E-state index >= 15 is 0 Å². The molecule has 4 N–H and O–H groups in total. The second-order valence-corrected chi connectivity index (χ2v) is 14.8. The molecule has 0 aliphatic rings. The van der Waals surface area contributed by atoms with Crippen molar-refractivity contribution in [1.82, 2.24) is 19.8 Å². The summed E-state index contributed by atoms with van der Waals surface area (Å²) in [6.45, 7) is 15.1. The molecule has 54 heavy (non-hydrogen) atoms. The predicted molar refractivity (Wildman–Crippen MR) is 210 cm³/mol. The molecule has 0 aromatic carbocycles. The molecule has 0 amide bonds. The standard InChI is InChI=1S/C34H54N4O8.C5H9NOS/c1-4-7-15-32(29-12-9-14-31(36-29)34(42)43)38(16-20-39)19-22-45-25-24-44-21-17-37(18-23-46-28(6-3)10-5-2)26-27-11-8-13-30(35-27)33(40)41;1-5(2,3-7)8-4-6/h8-9,11-14,28,32,39H,4-7,10,15-26H2,1-3H3,(H,40,41)(H,42,43);7H,3H2,1-2H3. The Morgan fingerprint density at radius 2 is 1.48 bits per heavy atom. The predicted octanol–water partition coefficient (Wildman–Crippen LogP) is 5.50. The van der Waals surface area contributed by atoms with Gasteiger partial charge in [0.05, 0.1) is 69.8 Å². The van der Waals surface area contributed by atoms with Crippen molar-refractivity contribution in [2.45, 2.75) is 96.6 Å². The number of hydrogen-bond donors (Lipinski definition) is 4. The molecule has 15 heteroatoms. The number of rotatable bonds is 29. The lowest BCUT2D eigenvalue weighted by atomic mass is 10.0. The maximum absolute atomic E-state index is 11.5. The van der Waals surface area contributed by atoms with E-state index in [1.165, 1.54) is 12.1 Å². The van der Waals surface area contributed by atoms with Gasteiger partial charge < -0.3 is 34.6 Å². The van der Waals surface area contributed by atoms with E-state index in [1.54, 1.807) is 12.1 Å². The van der Waals surface area contributed by atoms with Crippen LogP contribution in [-0.4, -0.2) is 135 Å². The Labute approximate surface area is 325 Å². The number of pyridine rings is 2. The number of ether oxygens (including phenoxy) is 3. The zero-order valence-electron chi connectivity index (χ0n) is 32.8. The van der Waals surface area contributed by atoms with E-state index in [1.807, 2.05) is 31.4 Å². The van der Waals surface area contributed by atoms with Crippen LogP contribution in [0.4, 0.5) is 0 Å². The second kappa shape index (κ2) is 29.1. The molecule has 2 rings (SSSR count). The molecule has 2 atom stereocenters. The monoisotopic (exact) mass is 777 g/mol. The molecular formula is C39H63N5O9S. The van der Waals surface area contributed by atoms with Gasteiger partial charge in [-0.3, -0.25) is 9.80 Å². The molecule has 2 heterocycles. The van der Waals surface area contributed by atoms with Crippen molar-refractivity contribution >= 4 is 23.7 Å². The summed E-state index contributed by atoms with van der Waals surface area (Å²) in [7, 11) is 0. The largest absolute Gasteiger partial charge is 0.477 e. The number of nitriles is 1. The van der Waals surface area contributed by atoms with Crippen molar-refractivity contribution in [3.63, 3.8) is 0 Å². The molecule has 14 nitrogen and oxygen atoms in total. The third-order valence-corrected chi connectivity index (χ3v) is 9.15. The summed E-state index contributed by atoms with van der Waals surface area (Å²) in [5, 5.41) is 47.1. The van der Waals surface area contributed by atoms with Crippen LogP contribution in [0.2, 0.25) is 0 Å². The van der Waals surface area contributed by atoms with E-state index < -0.39 is 11.9 Å². The SMILES string of the molecule is CC(C)(CO)SC#N.CCCCC(c1cccc(C(=O)O)n1)N(CCO)CCOCCOCCN(CCOC(CC)CCC)Cc1cccc(C(=O)O)n1. The van der Waals surface area contributed by atoms with Gasteiger partial charge in [-0.2, -0.15) is 5.26 Å². The Morgan fingerprint density at radius 1 is 0.852 bits per heavy atom. The van der Waals surface area contributed by atoms with Gasteiger partial charge in [0.15, 0.2) is 0 Å². The summed E-state index contributed by atoms with van der Waals surface area (Å²) in [4.78, 5) is 35.8. The normalized spacial score (nSPS) is 12.6. The summed E-state index contributed by atoms with van der Waals surface area (Å²) >= 11 is 1.09. The van der Waals surface area contributed by atoms with Crippen molar-refractivity contribution in [2.75, 3.05) is 72.4 Å². The molecule has 2 unspecified atom stereocenters. The highest BCUT2D eigenvalue weighted by atomic mass is 32.2. The molecule has 304 valence electrons. The van der Waals surface area contributed by atoms with Crippen LogP contribution in [-0.2, 0) is 20.8 Å². The Morgan fingerprint density at radius 3 is 2.04 bits per heavy atom. The molecular weight excluding hydrogens is 715 g/mol. The second-order valence-electron chi connectivity index (χ2n) is 13.3. The quantitative estimate of drug-likeness (QED) is 0.0596. The van der Waals surface area contributed by atoms with Crippen molar-refractivity contribution < 1.29 is 44.2 Å². The van der Waals surface area contributed by atoms with Crippen LogP contribution >= 0.6 is 11.8 Å². The van der Waals surface area contributed by atoms with Gasteiger partial charge in [-0.05, 0) is 69.1 Å². The number of thioether (sulfide) groups is 1. The lowest BCUT2D eigenvalue weighted by Gasteiger charge is -2.31. The Hall–Kier alpha value is -3.20. The minimum absolute atomic E-state index is 0.00845. The third kappa shape index (κ3) is 21.0. The maximum atomic E-state index is 11.5. The van der Waals surface area contributed by atoms with Crippen LogP contribution in [0.15, 0.2) is 36.4 Å². The minimum atomic E-state index is -1.06. The molecule has 0 radical (unpaired) electrons. The van der Waals surface area contributed by atoms with Gasteiger partial charge in [0.1, 0.15) is 16.8 Å². The zero-order chi connectivity index (χ0) is 40.2. The number of carbonyl (C=O) groups is 2. The highest BCUT2D eigenvalue weighted by Gasteiger charge is 2.22. The zero-order valence-corrected chi connectivity index (χ0v) is 33.6.